The highest BCUT2D eigenvalue weighted by Crippen LogP contribution is 2.32. The van der Waals surface area contributed by atoms with Gasteiger partial charge in [0.1, 0.15) is 5.82 Å². The fourth-order valence-electron chi connectivity index (χ4n) is 1.96. The van der Waals surface area contributed by atoms with Crippen molar-refractivity contribution in [1.82, 2.24) is 14.8 Å². The number of nitrogen functional groups attached to an aromatic ring is 1. The second kappa shape index (κ2) is 2.77. The molecule has 1 aromatic rings. The molecule has 0 aliphatic heterocycles. The van der Waals surface area contributed by atoms with E-state index in [0.29, 0.717) is 11.9 Å². The number of hydrogen-bond acceptors (Lipinski definition) is 3. The zero-order valence-corrected chi connectivity index (χ0v) is 7.32. The van der Waals surface area contributed by atoms with Gasteiger partial charge >= 0.3 is 0 Å². The van der Waals surface area contributed by atoms with E-state index in [-0.39, 0.29) is 0 Å². The number of nitrogens with zero attached hydrogens (tertiary/aromatic N) is 3. The van der Waals surface area contributed by atoms with E-state index >= 15 is 0 Å². The van der Waals surface area contributed by atoms with Crippen molar-refractivity contribution >= 4 is 5.95 Å². The lowest BCUT2D eigenvalue weighted by Gasteiger charge is -2.05. The van der Waals surface area contributed by atoms with Crippen LogP contribution < -0.4 is 5.73 Å². The lowest BCUT2D eigenvalue weighted by molar-refractivity contribution is 0.601. The number of aromatic nitrogens is 3. The van der Waals surface area contributed by atoms with E-state index in [4.69, 9.17) is 5.73 Å². The van der Waals surface area contributed by atoms with Gasteiger partial charge < -0.3 is 5.73 Å². The number of anilines is 1. The Hall–Kier alpha value is -1.06. The summed E-state index contributed by atoms with van der Waals surface area (Å²) in [6.07, 6.45) is 5.12. The van der Waals surface area contributed by atoms with Crippen LogP contribution in [0.3, 0.4) is 0 Å². The molecular formula is C8H14N4. The lowest BCUT2D eigenvalue weighted by Crippen LogP contribution is -2.03. The van der Waals surface area contributed by atoms with Gasteiger partial charge in [0.2, 0.25) is 5.95 Å². The lowest BCUT2D eigenvalue weighted by atomic mass is 10.1. The number of aryl methyl sites for hydroxylation is 1. The summed E-state index contributed by atoms with van der Waals surface area (Å²) in [5.41, 5.74) is 5.50. The molecule has 0 atom stereocenters. The van der Waals surface area contributed by atoms with Gasteiger partial charge in [-0.1, -0.05) is 12.8 Å². The first-order valence-corrected chi connectivity index (χ1v) is 4.44. The summed E-state index contributed by atoms with van der Waals surface area (Å²) < 4.78 is 1.81. The third-order valence-corrected chi connectivity index (χ3v) is 2.53. The SMILES string of the molecule is Cn1nc(N)nc1C1CCCC1. The maximum atomic E-state index is 5.50. The van der Waals surface area contributed by atoms with Gasteiger partial charge in [0.15, 0.2) is 0 Å². The van der Waals surface area contributed by atoms with E-state index in [2.05, 4.69) is 10.1 Å². The van der Waals surface area contributed by atoms with Crippen LogP contribution in [0.15, 0.2) is 0 Å². The molecular weight excluding hydrogens is 152 g/mol. The van der Waals surface area contributed by atoms with Crippen molar-refractivity contribution in [3.8, 4) is 0 Å². The van der Waals surface area contributed by atoms with Gasteiger partial charge in [-0.05, 0) is 12.8 Å². The molecule has 0 spiro atoms. The van der Waals surface area contributed by atoms with Crippen LogP contribution in [0, 0.1) is 0 Å². The van der Waals surface area contributed by atoms with Gasteiger partial charge in [-0.25, -0.2) is 0 Å². The molecule has 1 aromatic heterocycles. The van der Waals surface area contributed by atoms with Gasteiger partial charge in [-0.2, -0.15) is 4.98 Å². The smallest absolute Gasteiger partial charge is 0.239 e. The van der Waals surface area contributed by atoms with Gasteiger partial charge in [-0.15, -0.1) is 5.10 Å². The highest BCUT2D eigenvalue weighted by atomic mass is 15.4. The molecule has 1 aliphatic carbocycles. The van der Waals surface area contributed by atoms with E-state index < -0.39 is 0 Å². The highest BCUT2D eigenvalue weighted by Gasteiger charge is 2.21. The Labute approximate surface area is 71.8 Å². The summed E-state index contributed by atoms with van der Waals surface area (Å²) in [6, 6.07) is 0. The van der Waals surface area contributed by atoms with E-state index in [1.807, 2.05) is 11.7 Å². The molecule has 0 bridgehead atoms. The molecule has 1 saturated carbocycles. The van der Waals surface area contributed by atoms with Crippen LogP contribution in [0.1, 0.15) is 37.4 Å². The maximum Gasteiger partial charge on any atom is 0.239 e. The van der Waals surface area contributed by atoms with Crippen molar-refractivity contribution in [3.63, 3.8) is 0 Å². The largest absolute Gasteiger partial charge is 0.366 e. The van der Waals surface area contributed by atoms with Crippen LogP contribution >= 0.6 is 0 Å². The van der Waals surface area contributed by atoms with Crippen molar-refractivity contribution in [2.45, 2.75) is 31.6 Å². The molecule has 66 valence electrons. The zero-order chi connectivity index (χ0) is 8.55. The first-order chi connectivity index (χ1) is 5.77. The van der Waals surface area contributed by atoms with Crippen LogP contribution in [0.4, 0.5) is 5.95 Å². The molecule has 0 amide bonds. The normalized spacial score (nSPS) is 18.8. The molecule has 2 rings (SSSR count). The standard InChI is InChI=1S/C8H14N4/c1-12-7(10-8(9)11-12)6-4-2-3-5-6/h6H,2-5H2,1H3,(H2,9,11). The predicted octanol–water partition coefficient (Wildman–Crippen LogP) is 1.05. The minimum atomic E-state index is 0.402. The molecule has 12 heavy (non-hydrogen) atoms. The average molecular weight is 166 g/mol. The maximum absolute atomic E-state index is 5.50. The minimum Gasteiger partial charge on any atom is -0.366 e. The Bertz CT molecular complexity index is 273. The van der Waals surface area contributed by atoms with E-state index in [0.717, 1.165) is 5.82 Å². The Morgan fingerprint density at radius 3 is 2.58 bits per heavy atom. The second-order valence-corrected chi connectivity index (χ2v) is 3.43. The molecule has 1 fully saturated rings. The third-order valence-electron chi connectivity index (χ3n) is 2.53. The van der Waals surface area contributed by atoms with Gasteiger partial charge in [0.25, 0.3) is 0 Å². The van der Waals surface area contributed by atoms with E-state index in [1.54, 1.807) is 0 Å². The second-order valence-electron chi connectivity index (χ2n) is 3.43. The van der Waals surface area contributed by atoms with Gasteiger partial charge in [-0.3, -0.25) is 4.68 Å². The van der Waals surface area contributed by atoms with Crippen molar-refractivity contribution in [2.75, 3.05) is 5.73 Å². The van der Waals surface area contributed by atoms with Gasteiger partial charge in [0.05, 0.1) is 0 Å². The van der Waals surface area contributed by atoms with Crippen molar-refractivity contribution < 1.29 is 0 Å². The molecule has 0 saturated heterocycles. The topological polar surface area (TPSA) is 56.7 Å². The van der Waals surface area contributed by atoms with Crippen LogP contribution in [-0.2, 0) is 7.05 Å². The molecule has 0 radical (unpaired) electrons. The summed E-state index contributed by atoms with van der Waals surface area (Å²) in [5, 5.41) is 4.04. The monoisotopic (exact) mass is 166 g/mol. The molecule has 4 nitrogen and oxygen atoms in total. The Kier molecular flexibility index (Phi) is 1.75. The Morgan fingerprint density at radius 2 is 2.08 bits per heavy atom. The Balaban J connectivity index is 2.25. The van der Waals surface area contributed by atoms with Gasteiger partial charge in [0, 0.05) is 13.0 Å². The predicted molar refractivity (Wildman–Crippen MR) is 46.6 cm³/mol. The summed E-state index contributed by atoms with van der Waals surface area (Å²) in [4.78, 5) is 4.22. The first-order valence-electron chi connectivity index (χ1n) is 4.44. The van der Waals surface area contributed by atoms with E-state index in [1.165, 1.54) is 25.7 Å². The molecule has 0 aromatic carbocycles. The minimum absolute atomic E-state index is 0.402. The average Bonchev–Trinajstić information content (AvgIpc) is 2.58. The number of hydrogen-bond donors (Lipinski definition) is 1. The zero-order valence-electron chi connectivity index (χ0n) is 7.32. The van der Waals surface area contributed by atoms with Crippen LogP contribution in [0.2, 0.25) is 0 Å². The number of nitrogens with two attached hydrogens (primary N) is 1. The molecule has 0 unspecified atom stereocenters. The highest BCUT2D eigenvalue weighted by molar-refractivity contribution is 5.16. The van der Waals surface area contributed by atoms with Crippen molar-refractivity contribution in [2.24, 2.45) is 7.05 Å². The van der Waals surface area contributed by atoms with Crippen LogP contribution in [-0.4, -0.2) is 14.8 Å². The molecule has 1 heterocycles. The number of rotatable bonds is 1. The Morgan fingerprint density at radius 1 is 1.42 bits per heavy atom. The summed E-state index contributed by atoms with van der Waals surface area (Å²) in [7, 11) is 1.91. The summed E-state index contributed by atoms with van der Waals surface area (Å²) in [6.45, 7) is 0. The molecule has 1 aliphatic rings. The van der Waals surface area contributed by atoms with Crippen LogP contribution in [0.25, 0.3) is 0 Å². The summed E-state index contributed by atoms with van der Waals surface area (Å²) >= 11 is 0. The van der Waals surface area contributed by atoms with Crippen molar-refractivity contribution in [1.29, 1.82) is 0 Å². The fourth-order valence-corrected chi connectivity index (χ4v) is 1.96. The molecule has 4 heteroatoms. The third kappa shape index (κ3) is 1.17. The van der Waals surface area contributed by atoms with E-state index in [9.17, 15) is 0 Å². The first kappa shape index (κ1) is 7.58. The molecule has 2 N–H and O–H groups in total. The van der Waals surface area contributed by atoms with Crippen LogP contribution in [0.5, 0.6) is 0 Å². The fraction of sp³-hybridized carbons (Fsp3) is 0.750. The van der Waals surface area contributed by atoms with Crippen molar-refractivity contribution in [3.05, 3.63) is 5.82 Å². The quantitative estimate of drug-likeness (QED) is 0.678. The summed E-state index contributed by atoms with van der Waals surface area (Å²) in [5.74, 6) is 2.06.